The van der Waals surface area contributed by atoms with Gasteiger partial charge in [0.05, 0.1) is 0 Å². The van der Waals surface area contributed by atoms with Gasteiger partial charge in [-0.2, -0.15) is 16.9 Å². The molecule has 6 heteroatoms. The molecule has 3 N–H and O–H groups in total. The number of rotatable bonds is 4. The van der Waals surface area contributed by atoms with Gasteiger partial charge in [0.1, 0.15) is 12.2 Å². The topological polar surface area (TPSA) is 68.8 Å². The summed E-state index contributed by atoms with van der Waals surface area (Å²) in [5.41, 5.74) is 2.92. The molecule has 0 aliphatic carbocycles. The molecular formula is C9H17N5S. The predicted molar refractivity (Wildman–Crippen MR) is 61.3 cm³/mol. The Morgan fingerprint density at radius 2 is 2.67 bits per heavy atom. The van der Waals surface area contributed by atoms with Crippen LogP contribution in [0.2, 0.25) is 0 Å². The smallest absolute Gasteiger partial charge is 0.138 e. The average molecular weight is 227 g/mol. The van der Waals surface area contributed by atoms with Crippen LogP contribution in [0.5, 0.6) is 0 Å². The number of nitrogens with two attached hydrogens (primary N) is 1. The van der Waals surface area contributed by atoms with Crippen molar-refractivity contribution in [2.24, 2.45) is 18.8 Å². The zero-order chi connectivity index (χ0) is 10.7. The van der Waals surface area contributed by atoms with E-state index < -0.39 is 0 Å². The van der Waals surface area contributed by atoms with E-state index in [9.17, 15) is 0 Å². The van der Waals surface area contributed by atoms with Crippen LogP contribution >= 0.6 is 11.8 Å². The van der Waals surface area contributed by atoms with Crippen molar-refractivity contribution in [3.63, 3.8) is 0 Å². The van der Waals surface area contributed by atoms with Crippen LogP contribution in [0.4, 0.5) is 0 Å². The van der Waals surface area contributed by atoms with Crippen LogP contribution in [0.25, 0.3) is 0 Å². The lowest BCUT2D eigenvalue weighted by Gasteiger charge is -2.21. The lowest BCUT2D eigenvalue weighted by molar-refractivity contribution is 0.376. The number of aryl methyl sites for hydroxylation is 1. The molecular weight excluding hydrogens is 210 g/mol. The van der Waals surface area contributed by atoms with Crippen LogP contribution in [0.1, 0.15) is 12.2 Å². The summed E-state index contributed by atoms with van der Waals surface area (Å²) >= 11 is 2.00. The van der Waals surface area contributed by atoms with Crippen LogP contribution in [-0.2, 0) is 13.5 Å². The van der Waals surface area contributed by atoms with E-state index in [1.165, 1.54) is 17.9 Å². The molecule has 84 valence electrons. The Bertz CT molecular complexity index is 307. The molecule has 2 unspecified atom stereocenters. The predicted octanol–water partition coefficient (Wildman–Crippen LogP) is -0.0574. The first-order chi connectivity index (χ1) is 7.31. The summed E-state index contributed by atoms with van der Waals surface area (Å²) in [5.74, 6) is 9.71. The summed E-state index contributed by atoms with van der Waals surface area (Å²) in [7, 11) is 1.92. The standard InChI is InChI=1S/C9H17N5S/c1-14-9(11-6-12-14)4-8(13-10)7-2-3-15-5-7/h6-8,13H,2-5,10H2,1H3. The maximum Gasteiger partial charge on any atom is 0.138 e. The fourth-order valence-electron chi connectivity index (χ4n) is 1.93. The van der Waals surface area contributed by atoms with E-state index in [0.717, 1.165) is 12.2 Å². The number of nitrogens with zero attached hydrogens (tertiary/aromatic N) is 3. The van der Waals surface area contributed by atoms with Crippen molar-refractivity contribution in [2.45, 2.75) is 18.9 Å². The number of thioether (sulfide) groups is 1. The number of aromatic nitrogens is 3. The minimum Gasteiger partial charge on any atom is -0.271 e. The van der Waals surface area contributed by atoms with Gasteiger partial charge in [-0.25, -0.2) is 4.98 Å². The third kappa shape index (κ3) is 2.50. The summed E-state index contributed by atoms with van der Waals surface area (Å²) in [4.78, 5) is 4.22. The summed E-state index contributed by atoms with van der Waals surface area (Å²) in [6.07, 6.45) is 3.70. The van der Waals surface area contributed by atoms with Crippen molar-refractivity contribution in [3.05, 3.63) is 12.2 Å². The van der Waals surface area contributed by atoms with Crippen molar-refractivity contribution in [2.75, 3.05) is 11.5 Å². The molecule has 1 aliphatic heterocycles. The van der Waals surface area contributed by atoms with Gasteiger partial charge in [-0.15, -0.1) is 0 Å². The van der Waals surface area contributed by atoms with Gasteiger partial charge in [-0.1, -0.05) is 0 Å². The highest BCUT2D eigenvalue weighted by Gasteiger charge is 2.25. The summed E-state index contributed by atoms with van der Waals surface area (Å²) in [6.45, 7) is 0. The normalized spacial score (nSPS) is 23.2. The number of nitrogens with one attached hydrogen (secondary N) is 1. The maximum absolute atomic E-state index is 5.60. The highest BCUT2D eigenvalue weighted by molar-refractivity contribution is 7.99. The maximum atomic E-state index is 5.60. The lowest BCUT2D eigenvalue weighted by atomic mass is 9.97. The van der Waals surface area contributed by atoms with E-state index in [2.05, 4.69) is 15.5 Å². The first kappa shape index (κ1) is 10.9. The first-order valence-corrected chi connectivity index (χ1v) is 6.33. The fourth-order valence-corrected chi connectivity index (χ4v) is 3.27. The molecule has 2 rings (SSSR count). The Morgan fingerprint density at radius 1 is 1.80 bits per heavy atom. The SMILES string of the molecule is Cn1ncnc1CC(NN)C1CCSC1. The molecule has 0 spiro atoms. The Balaban J connectivity index is 1.98. The van der Waals surface area contributed by atoms with Gasteiger partial charge < -0.3 is 0 Å². The van der Waals surface area contributed by atoms with Gasteiger partial charge in [-0.3, -0.25) is 16.0 Å². The van der Waals surface area contributed by atoms with Gasteiger partial charge in [0, 0.05) is 19.5 Å². The highest BCUT2D eigenvalue weighted by Crippen LogP contribution is 2.27. The quantitative estimate of drug-likeness (QED) is 0.557. The van der Waals surface area contributed by atoms with Crippen LogP contribution in [0, 0.1) is 5.92 Å². The summed E-state index contributed by atoms with van der Waals surface area (Å²) in [6, 6.07) is 0.322. The van der Waals surface area contributed by atoms with Gasteiger partial charge in [0.2, 0.25) is 0 Å². The minimum absolute atomic E-state index is 0.322. The van der Waals surface area contributed by atoms with E-state index in [4.69, 9.17) is 5.84 Å². The minimum atomic E-state index is 0.322. The van der Waals surface area contributed by atoms with Crippen LogP contribution < -0.4 is 11.3 Å². The molecule has 0 saturated carbocycles. The first-order valence-electron chi connectivity index (χ1n) is 5.18. The molecule has 1 aliphatic rings. The second-order valence-corrected chi connectivity index (χ2v) is 5.05. The van der Waals surface area contributed by atoms with Gasteiger partial charge >= 0.3 is 0 Å². The van der Waals surface area contributed by atoms with Gasteiger partial charge in [0.15, 0.2) is 0 Å². The molecule has 0 radical (unpaired) electrons. The van der Waals surface area contributed by atoms with Crippen LogP contribution in [0.15, 0.2) is 6.33 Å². The summed E-state index contributed by atoms with van der Waals surface area (Å²) in [5, 5.41) is 4.06. The van der Waals surface area contributed by atoms with Crippen molar-refractivity contribution in [1.29, 1.82) is 0 Å². The molecule has 2 heterocycles. The lowest BCUT2D eigenvalue weighted by Crippen LogP contribution is -2.43. The molecule has 2 atom stereocenters. The van der Waals surface area contributed by atoms with Crippen molar-refractivity contribution in [1.82, 2.24) is 20.2 Å². The zero-order valence-corrected chi connectivity index (χ0v) is 9.70. The zero-order valence-electron chi connectivity index (χ0n) is 8.89. The highest BCUT2D eigenvalue weighted by atomic mass is 32.2. The molecule has 0 bridgehead atoms. The van der Waals surface area contributed by atoms with Crippen LogP contribution in [-0.4, -0.2) is 32.3 Å². The van der Waals surface area contributed by atoms with Crippen molar-refractivity contribution in [3.8, 4) is 0 Å². The monoisotopic (exact) mass is 227 g/mol. The van der Waals surface area contributed by atoms with Crippen molar-refractivity contribution >= 4 is 11.8 Å². The molecule has 0 aromatic carbocycles. The Morgan fingerprint density at radius 3 is 3.20 bits per heavy atom. The van der Waals surface area contributed by atoms with Crippen molar-refractivity contribution < 1.29 is 0 Å². The van der Waals surface area contributed by atoms with E-state index in [1.807, 2.05) is 23.5 Å². The summed E-state index contributed by atoms with van der Waals surface area (Å²) < 4.78 is 1.81. The second-order valence-electron chi connectivity index (χ2n) is 3.90. The second kappa shape index (κ2) is 4.96. The third-order valence-electron chi connectivity index (χ3n) is 2.96. The van der Waals surface area contributed by atoms with E-state index in [0.29, 0.717) is 12.0 Å². The van der Waals surface area contributed by atoms with Gasteiger partial charge in [0.25, 0.3) is 0 Å². The van der Waals surface area contributed by atoms with E-state index in [1.54, 1.807) is 6.33 Å². The van der Waals surface area contributed by atoms with E-state index in [-0.39, 0.29) is 0 Å². The number of hydrazine groups is 1. The Labute approximate surface area is 93.8 Å². The fraction of sp³-hybridized carbons (Fsp3) is 0.778. The molecule has 1 saturated heterocycles. The third-order valence-corrected chi connectivity index (χ3v) is 4.14. The largest absolute Gasteiger partial charge is 0.271 e. The van der Waals surface area contributed by atoms with E-state index >= 15 is 0 Å². The van der Waals surface area contributed by atoms with Gasteiger partial charge in [-0.05, 0) is 23.8 Å². The molecule has 15 heavy (non-hydrogen) atoms. The Kier molecular flexibility index (Phi) is 3.61. The molecule has 1 aromatic heterocycles. The average Bonchev–Trinajstić information content (AvgIpc) is 2.86. The Hall–Kier alpha value is -0.590. The van der Waals surface area contributed by atoms with Crippen LogP contribution in [0.3, 0.4) is 0 Å². The number of hydrogen-bond acceptors (Lipinski definition) is 5. The molecule has 1 aromatic rings. The molecule has 0 amide bonds. The number of hydrogen-bond donors (Lipinski definition) is 2. The molecule has 5 nitrogen and oxygen atoms in total. The molecule has 1 fully saturated rings.